The van der Waals surface area contributed by atoms with Crippen molar-refractivity contribution in [1.82, 2.24) is 4.98 Å². The predicted molar refractivity (Wildman–Crippen MR) is 67.6 cm³/mol. The number of rotatable bonds is 2. The van der Waals surface area contributed by atoms with Gasteiger partial charge < -0.3 is 10.5 Å². The quantitative estimate of drug-likeness (QED) is 0.855. The molecule has 0 aliphatic carbocycles. The zero-order chi connectivity index (χ0) is 11.5. The Labute approximate surface area is 102 Å². The second-order valence-corrected chi connectivity index (χ2v) is 4.30. The fourth-order valence-corrected chi connectivity index (χ4v) is 1.62. The van der Waals surface area contributed by atoms with Crippen LogP contribution < -0.4 is 10.5 Å². The lowest BCUT2D eigenvalue weighted by atomic mass is 10.2. The molecule has 0 unspecified atom stereocenters. The van der Waals surface area contributed by atoms with Crippen molar-refractivity contribution in [1.29, 1.82) is 0 Å². The van der Waals surface area contributed by atoms with Crippen molar-refractivity contribution >= 4 is 21.6 Å². The van der Waals surface area contributed by atoms with E-state index in [-0.39, 0.29) is 0 Å². The molecule has 4 heteroatoms. The zero-order valence-electron chi connectivity index (χ0n) is 8.77. The van der Waals surface area contributed by atoms with Crippen molar-refractivity contribution in [2.75, 3.05) is 5.73 Å². The number of nitrogens with zero attached hydrogens (tertiary/aromatic N) is 1. The third kappa shape index (κ3) is 2.33. The molecule has 0 bridgehead atoms. The second kappa shape index (κ2) is 4.53. The highest BCUT2D eigenvalue weighted by Crippen LogP contribution is 2.32. The molecule has 0 aliphatic heterocycles. The first-order chi connectivity index (χ1) is 7.66. The number of aryl methyl sites for hydroxylation is 1. The van der Waals surface area contributed by atoms with Crippen LogP contribution in [0.4, 0.5) is 5.69 Å². The van der Waals surface area contributed by atoms with E-state index in [2.05, 4.69) is 20.9 Å². The lowest BCUT2D eigenvalue weighted by Gasteiger charge is -2.10. The minimum atomic E-state index is 0.620. The van der Waals surface area contributed by atoms with Gasteiger partial charge in [0.1, 0.15) is 5.75 Å². The monoisotopic (exact) mass is 278 g/mol. The van der Waals surface area contributed by atoms with Gasteiger partial charge in [-0.2, -0.15) is 0 Å². The van der Waals surface area contributed by atoms with Crippen LogP contribution in [0, 0.1) is 6.92 Å². The van der Waals surface area contributed by atoms with Gasteiger partial charge in [0.05, 0.1) is 10.2 Å². The number of nitrogen functional groups attached to an aromatic ring is 1. The summed E-state index contributed by atoms with van der Waals surface area (Å²) in [5.74, 6) is 1.36. The molecule has 0 fully saturated rings. The Kier molecular flexibility index (Phi) is 3.10. The first kappa shape index (κ1) is 11.0. The van der Waals surface area contributed by atoms with Crippen molar-refractivity contribution in [2.45, 2.75) is 6.92 Å². The average molecular weight is 279 g/mol. The Balaban J connectivity index is 2.34. The number of hydrogen-bond acceptors (Lipinski definition) is 3. The van der Waals surface area contributed by atoms with E-state index in [4.69, 9.17) is 10.5 Å². The molecule has 1 aromatic carbocycles. The zero-order valence-corrected chi connectivity index (χ0v) is 10.4. The third-order valence-electron chi connectivity index (χ3n) is 2.12. The molecule has 1 heterocycles. The van der Waals surface area contributed by atoms with Crippen LogP contribution in [0.1, 0.15) is 5.56 Å². The summed E-state index contributed by atoms with van der Waals surface area (Å²) in [7, 11) is 0. The largest absolute Gasteiger partial charge is 0.454 e. The van der Waals surface area contributed by atoms with Crippen LogP contribution in [0.15, 0.2) is 41.1 Å². The number of hydrogen-bond donors (Lipinski definition) is 1. The minimum absolute atomic E-state index is 0.620. The second-order valence-electron chi connectivity index (χ2n) is 3.45. The summed E-state index contributed by atoms with van der Waals surface area (Å²) < 4.78 is 6.51. The maximum absolute atomic E-state index is 5.83. The topological polar surface area (TPSA) is 48.1 Å². The molecule has 0 amide bonds. The summed E-state index contributed by atoms with van der Waals surface area (Å²) >= 11 is 3.37. The molecule has 2 aromatic rings. The number of nitrogens with two attached hydrogens (primary N) is 1. The summed E-state index contributed by atoms with van der Waals surface area (Å²) in [6.45, 7) is 1.99. The van der Waals surface area contributed by atoms with Crippen LogP contribution in [0.2, 0.25) is 0 Å². The molecule has 3 nitrogen and oxygen atoms in total. The van der Waals surface area contributed by atoms with Gasteiger partial charge >= 0.3 is 0 Å². The van der Waals surface area contributed by atoms with E-state index in [1.54, 1.807) is 18.5 Å². The van der Waals surface area contributed by atoms with Gasteiger partial charge in [-0.15, -0.1) is 0 Å². The summed E-state index contributed by atoms with van der Waals surface area (Å²) in [5.41, 5.74) is 7.56. The number of aromatic nitrogens is 1. The number of ether oxygens (including phenoxy) is 1. The van der Waals surface area contributed by atoms with E-state index in [0.717, 1.165) is 10.0 Å². The Morgan fingerprint density at radius 3 is 2.81 bits per heavy atom. The highest BCUT2D eigenvalue weighted by Gasteiger charge is 2.05. The van der Waals surface area contributed by atoms with Crippen molar-refractivity contribution in [3.05, 3.63) is 46.7 Å². The smallest absolute Gasteiger partial charge is 0.150 e. The van der Waals surface area contributed by atoms with E-state index >= 15 is 0 Å². The minimum Gasteiger partial charge on any atom is -0.454 e. The molecule has 0 atom stereocenters. The molecule has 0 saturated carbocycles. The van der Waals surface area contributed by atoms with Crippen molar-refractivity contribution in [2.24, 2.45) is 0 Å². The van der Waals surface area contributed by atoms with Crippen LogP contribution in [0.5, 0.6) is 11.5 Å². The van der Waals surface area contributed by atoms with Crippen LogP contribution >= 0.6 is 15.9 Å². The first-order valence-electron chi connectivity index (χ1n) is 4.80. The lowest BCUT2D eigenvalue weighted by Crippen LogP contribution is -1.93. The average Bonchev–Trinajstić information content (AvgIpc) is 2.27. The van der Waals surface area contributed by atoms with E-state index in [0.29, 0.717) is 17.2 Å². The first-order valence-corrected chi connectivity index (χ1v) is 5.59. The fourth-order valence-electron chi connectivity index (χ4n) is 1.29. The van der Waals surface area contributed by atoms with Gasteiger partial charge in [-0.1, -0.05) is 6.07 Å². The van der Waals surface area contributed by atoms with Gasteiger partial charge in [-0.05, 0) is 40.5 Å². The van der Waals surface area contributed by atoms with Gasteiger partial charge in [0.15, 0.2) is 5.75 Å². The maximum atomic E-state index is 5.83. The summed E-state index contributed by atoms with van der Waals surface area (Å²) in [6, 6.07) is 7.47. The Morgan fingerprint density at radius 1 is 1.25 bits per heavy atom. The Morgan fingerprint density at radius 2 is 2.06 bits per heavy atom. The molecule has 2 N–H and O–H groups in total. The summed E-state index contributed by atoms with van der Waals surface area (Å²) in [5, 5.41) is 0. The van der Waals surface area contributed by atoms with E-state index < -0.39 is 0 Å². The molecule has 0 aliphatic rings. The highest BCUT2D eigenvalue weighted by atomic mass is 79.9. The van der Waals surface area contributed by atoms with Gasteiger partial charge in [0.2, 0.25) is 0 Å². The van der Waals surface area contributed by atoms with Gasteiger partial charge in [-0.3, -0.25) is 4.98 Å². The van der Waals surface area contributed by atoms with Crippen molar-refractivity contribution < 1.29 is 4.74 Å². The molecule has 16 heavy (non-hydrogen) atoms. The van der Waals surface area contributed by atoms with Gasteiger partial charge in [-0.25, -0.2) is 0 Å². The fraction of sp³-hybridized carbons (Fsp3) is 0.0833. The highest BCUT2D eigenvalue weighted by molar-refractivity contribution is 9.10. The Bertz CT molecular complexity index is 514. The number of anilines is 1. The Hall–Kier alpha value is -1.55. The summed E-state index contributed by atoms with van der Waals surface area (Å²) in [4.78, 5) is 3.97. The molecular formula is C12H11BrN2O. The van der Waals surface area contributed by atoms with Crippen molar-refractivity contribution in [3.8, 4) is 11.5 Å². The van der Waals surface area contributed by atoms with Gasteiger partial charge in [0.25, 0.3) is 0 Å². The van der Waals surface area contributed by atoms with Crippen molar-refractivity contribution in [3.63, 3.8) is 0 Å². The van der Waals surface area contributed by atoms with Crippen LogP contribution in [0.3, 0.4) is 0 Å². The predicted octanol–water partition coefficient (Wildman–Crippen LogP) is 3.53. The molecular weight excluding hydrogens is 268 g/mol. The number of pyridine rings is 1. The molecule has 0 spiro atoms. The standard InChI is InChI=1S/C12H11BrN2O/c1-8-2-3-10(14)12(6-8)16-11-4-5-15-7-9(11)13/h2-7H,14H2,1H3. The summed E-state index contributed by atoms with van der Waals surface area (Å²) in [6.07, 6.45) is 3.35. The SMILES string of the molecule is Cc1ccc(N)c(Oc2ccncc2Br)c1. The lowest BCUT2D eigenvalue weighted by molar-refractivity contribution is 0.481. The molecule has 2 rings (SSSR count). The number of halogens is 1. The number of benzene rings is 1. The van der Waals surface area contributed by atoms with E-state index in [1.165, 1.54) is 0 Å². The van der Waals surface area contributed by atoms with Crippen LogP contribution in [-0.4, -0.2) is 4.98 Å². The van der Waals surface area contributed by atoms with E-state index in [1.807, 2.05) is 25.1 Å². The molecule has 82 valence electrons. The molecule has 0 radical (unpaired) electrons. The third-order valence-corrected chi connectivity index (χ3v) is 2.72. The molecule has 0 saturated heterocycles. The van der Waals surface area contributed by atoms with Crippen LogP contribution in [0.25, 0.3) is 0 Å². The maximum Gasteiger partial charge on any atom is 0.150 e. The normalized spacial score (nSPS) is 10.1. The molecule has 1 aromatic heterocycles. The van der Waals surface area contributed by atoms with Crippen LogP contribution in [-0.2, 0) is 0 Å². The van der Waals surface area contributed by atoms with E-state index in [9.17, 15) is 0 Å². The van der Waals surface area contributed by atoms with Gasteiger partial charge in [0, 0.05) is 18.5 Å².